The van der Waals surface area contributed by atoms with Crippen molar-refractivity contribution in [3.63, 3.8) is 0 Å². The molecule has 0 bridgehead atoms. The summed E-state index contributed by atoms with van der Waals surface area (Å²) in [7, 11) is 0. The van der Waals surface area contributed by atoms with E-state index >= 15 is 0 Å². The SMILES string of the molecule is CC1CC(NCC(C2CC2)C2CC2)CC(C)O1. The van der Waals surface area contributed by atoms with Gasteiger partial charge in [-0.05, 0) is 76.7 Å². The summed E-state index contributed by atoms with van der Waals surface area (Å²) >= 11 is 0. The Hall–Kier alpha value is -0.0800. The van der Waals surface area contributed by atoms with E-state index in [1.165, 1.54) is 45.1 Å². The fourth-order valence-electron chi connectivity index (χ4n) is 3.64. The van der Waals surface area contributed by atoms with Crippen LogP contribution in [0.15, 0.2) is 0 Å². The van der Waals surface area contributed by atoms with E-state index in [0.29, 0.717) is 18.2 Å². The molecular weight excluding hydrogens is 210 g/mol. The first kappa shape index (κ1) is 12.0. The third-order valence-electron chi connectivity index (χ3n) is 4.79. The van der Waals surface area contributed by atoms with Gasteiger partial charge in [0, 0.05) is 6.04 Å². The molecule has 3 rings (SSSR count). The van der Waals surface area contributed by atoms with Gasteiger partial charge in [-0.3, -0.25) is 0 Å². The van der Waals surface area contributed by atoms with Crippen LogP contribution in [0.4, 0.5) is 0 Å². The Bertz CT molecular complexity index is 238. The third kappa shape index (κ3) is 3.23. The monoisotopic (exact) mass is 237 g/mol. The summed E-state index contributed by atoms with van der Waals surface area (Å²) in [6.07, 6.45) is 9.30. The van der Waals surface area contributed by atoms with Crippen molar-refractivity contribution < 1.29 is 4.74 Å². The lowest BCUT2D eigenvalue weighted by Gasteiger charge is -2.33. The minimum atomic E-state index is 0.441. The number of rotatable bonds is 5. The molecule has 0 spiro atoms. The lowest BCUT2D eigenvalue weighted by atomic mass is 9.95. The highest BCUT2D eigenvalue weighted by atomic mass is 16.5. The second-order valence-corrected chi connectivity index (χ2v) is 6.67. The van der Waals surface area contributed by atoms with Gasteiger partial charge in [0.15, 0.2) is 0 Å². The van der Waals surface area contributed by atoms with E-state index in [0.717, 1.165) is 17.8 Å². The molecule has 17 heavy (non-hydrogen) atoms. The molecule has 0 aromatic carbocycles. The van der Waals surface area contributed by atoms with Gasteiger partial charge in [0.1, 0.15) is 0 Å². The molecule has 2 saturated carbocycles. The van der Waals surface area contributed by atoms with Crippen LogP contribution in [0.5, 0.6) is 0 Å². The Morgan fingerprint density at radius 3 is 2.00 bits per heavy atom. The molecule has 0 radical (unpaired) electrons. The molecule has 2 heteroatoms. The smallest absolute Gasteiger partial charge is 0.0565 e. The number of hydrogen-bond donors (Lipinski definition) is 1. The number of nitrogens with one attached hydrogen (secondary N) is 1. The molecule has 2 nitrogen and oxygen atoms in total. The standard InChI is InChI=1S/C15H27NO/c1-10-7-14(8-11(2)17-10)16-9-15(12-3-4-12)13-5-6-13/h10-16H,3-9H2,1-2H3. The van der Waals surface area contributed by atoms with Crippen LogP contribution in [0.25, 0.3) is 0 Å². The van der Waals surface area contributed by atoms with Crippen molar-refractivity contribution in [2.45, 2.75) is 70.6 Å². The van der Waals surface area contributed by atoms with Crippen molar-refractivity contribution in [2.24, 2.45) is 17.8 Å². The zero-order valence-corrected chi connectivity index (χ0v) is 11.3. The van der Waals surface area contributed by atoms with Crippen LogP contribution in [-0.2, 0) is 4.74 Å². The van der Waals surface area contributed by atoms with Crippen LogP contribution in [0.3, 0.4) is 0 Å². The molecular formula is C15H27NO. The van der Waals surface area contributed by atoms with Crippen molar-refractivity contribution in [2.75, 3.05) is 6.54 Å². The topological polar surface area (TPSA) is 21.3 Å². The summed E-state index contributed by atoms with van der Waals surface area (Å²) in [5, 5.41) is 3.85. The first-order valence-electron chi connectivity index (χ1n) is 7.61. The van der Waals surface area contributed by atoms with E-state index in [1.807, 2.05) is 0 Å². The van der Waals surface area contributed by atoms with Crippen molar-refractivity contribution in [3.8, 4) is 0 Å². The molecule has 98 valence electrons. The Kier molecular flexibility index (Phi) is 3.45. The summed E-state index contributed by atoms with van der Waals surface area (Å²) < 4.78 is 5.80. The summed E-state index contributed by atoms with van der Waals surface area (Å²) in [5.41, 5.74) is 0. The molecule has 2 aliphatic carbocycles. The largest absolute Gasteiger partial charge is 0.375 e. The third-order valence-corrected chi connectivity index (χ3v) is 4.79. The highest BCUT2D eigenvalue weighted by Crippen LogP contribution is 2.48. The van der Waals surface area contributed by atoms with Gasteiger partial charge in [0.25, 0.3) is 0 Å². The van der Waals surface area contributed by atoms with Crippen LogP contribution >= 0.6 is 0 Å². The van der Waals surface area contributed by atoms with Gasteiger partial charge in [0.2, 0.25) is 0 Å². The summed E-state index contributed by atoms with van der Waals surface area (Å²) in [4.78, 5) is 0. The fraction of sp³-hybridized carbons (Fsp3) is 1.00. The summed E-state index contributed by atoms with van der Waals surface area (Å²) in [6, 6.07) is 0.703. The van der Waals surface area contributed by atoms with Crippen molar-refractivity contribution >= 4 is 0 Å². The zero-order chi connectivity index (χ0) is 11.8. The van der Waals surface area contributed by atoms with E-state index in [4.69, 9.17) is 4.74 Å². The van der Waals surface area contributed by atoms with Gasteiger partial charge < -0.3 is 10.1 Å². The van der Waals surface area contributed by atoms with E-state index in [9.17, 15) is 0 Å². The lowest BCUT2D eigenvalue weighted by Crippen LogP contribution is -2.43. The minimum absolute atomic E-state index is 0.441. The predicted octanol–water partition coefficient (Wildman–Crippen LogP) is 2.97. The Morgan fingerprint density at radius 1 is 1.00 bits per heavy atom. The van der Waals surface area contributed by atoms with Crippen LogP contribution in [0.1, 0.15) is 52.4 Å². The molecule has 2 atom stereocenters. The van der Waals surface area contributed by atoms with Crippen LogP contribution in [0, 0.1) is 17.8 Å². The molecule has 3 fully saturated rings. The first-order chi connectivity index (χ1) is 8.22. The van der Waals surface area contributed by atoms with Crippen molar-refractivity contribution in [1.29, 1.82) is 0 Å². The molecule has 1 N–H and O–H groups in total. The van der Waals surface area contributed by atoms with Crippen LogP contribution < -0.4 is 5.32 Å². The molecule has 1 aliphatic heterocycles. The molecule has 0 aromatic heterocycles. The molecule has 1 heterocycles. The molecule has 2 unspecified atom stereocenters. The fourth-order valence-corrected chi connectivity index (χ4v) is 3.64. The Balaban J connectivity index is 1.45. The van der Waals surface area contributed by atoms with Crippen LogP contribution in [0.2, 0.25) is 0 Å². The van der Waals surface area contributed by atoms with Crippen LogP contribution in [-0.4, -0.2) is 24.8 Å². The van der Waals surface area contributed by atoms with E-state index in [-0.39, 0.29) is 0 Å². The van der Waals surface area contributed by atoms with Gasteiger partial charge in [-0.2, -0.15) is 0 Å². The predicted molar refractivity (Wildman–Crippen MR) is 70.0 cm³/mol. The number of ether oxygens (including phenoxy) is 1. The van der Waals surface area contributed by atoms with Crippen molar-refractivity contribution in [1.82, 2.24) is 5.32 Å². The molecule has 0 aromatic rings. The zero-order valence-electron chi connectivity index (χ0n) is 11.3. The number of hydrogen-bond acceptors (Lipinski definition) is 2. The quantitative estimate of drug-likeness (QED) is 0.794. The normalized spacial score (nSPS) is 38.6. The van der Waals surface area contributed by atoms with Crippen molar-refractivity contribution in [3.05, 3.63) is 0 Å². The van der Waals surface area contributed by atoms with E-state index in [1.54, 1.807) is 0 Å². The summed E-state index contributed by atoms with van der Waals surface area (Å²) in [6.45, 7) is 5.70. The Labute approximate surface area is 105 Å². The second kappa shape index (κ2) is 4.89. The highest BCUT2D eigenvalue weighted by Gasteiger charge is 2.41. The first-order valence-corrected chi connectivity index (χ1v) is 7.61. The average Bonchev–Trinajstić information content (AvgIpc) is 3.12. The van der Waals surface area contributed by atoms with E-state index in [2.05, 4.69) is 19.2 Å². The molecule has 1 saturated heterocycles. The highest BCUT2D eigenvalue weighted by molar-refractivity contribution is 4.93. The maximum atomic E-state index is 5.80. The van der Waals surface area contributed by atoms with Gasteiger partial charge in [-0.15, -0.1) is 0 Å². The minimum Gasteiger partial charge on any atom is -0.375 e. The maximum absolute atomic E-state index is 5.80. The van der Waals surface area contributed by atoms with Gasteiger partial charge in [0.05, 0.1) is 12.2 Å². The second-order valence-electron chi connectivity index (χ2n) is 6.67. The lowest BCUT2D eigenvalue weighted by molar-refractivity contribution is -0.0426. The summed E-state index contributed by atoms with van der Waals surface area (Å²) in [5.74, 6) is 3.15. The average molecular weight is 237 g/mol. The van der Waals surface area contributed by atoms with Gasteiger partial charge >= 0.3 is 0 Å². The molecule has 3 aliphatic rings. The van der Waals surface area contributed by atoms with Gasteiger partial charge in [-0.25, -0.2) is 0 Å². The maximum Gasteiger partial charge on any atom is 0.0565 e. The Morgan fingerprint density at radius 2 is 1.53 bits per heavy atom. The molecule has 0 amide bonds. The van der Waals surface area contributed by atoms with Gasteiger partial charge in [-0.1, -0.05) is 0 Å². The van der Waals surface area contributed by atoms with E-state index < -0.39 is 0 Å².